The first-order valence-electron chi connectivity index (χ1n) is 15.9. The molecule has 0 spiro atoms. The summed E-state index contributed by atoms with van der Waals surface area (Å²) in [5.41, 5.74) is -0.352. The number of hydrogen-bond acceptors (Lipinski definition) is 6. The molecule has 7 atom stereocenters. The Kier molecular flexibility index (Phi) is 6.09. The lowest BCUT2D eigenvalue weighted by molar-refractivity contribution is -0.160. The predicted molar refractivity (Wildman–Crippen MR) is 156 cm³/mol. The quantitative estimate of drug-likeness (QED) is 0.382. The monoisotopic (exact) mass is 557 g/mol. The summed E-state index contributed by atoms with van der Waals surface area (Å²) in [5, 5.41) is 14.5. The maximum atomic E-state index is 14.7. The van der Waals surface area contributed by atoms with E-state index in [1.54, 1.807) is 0 Å². The van der Waals surface area contributed by atoms with E-state index in [-0.39, 0.29) is 56.6 Å². The minimum absolute atomic E-state index is 0.0551. The summed E-state index contributed by atoms with van der Waals surface area (Å²) in [6.45, 7) is 17.8. The summed E-state index contributed by atoms with van der Waals surface area (Å²) >= 11 is 0. The van der Waals surface area contributed by atoms with Gasteiger partial charge < -0.3 is 4.52 Å². The number of nitrogens with zero attached hydrogens (tertiary/aromatic N) is 3. The summed E-state index contributed by atoms with van der Waals surface area (Å²) in [6, 6.07) is 2.21. The van der Waals surface area contributed by atoms with Gasteiger partial charge in [0.2, 0.25) is 5.89 Å². The van der Waals surface area contributed by atoms with Crippen LogP contribution in [0.4, 0.5) is 0 Å². The van der Waals surface area contributed by atoms with E-state index in [4.69, 9.17) is 9.51 Å². The van der Waals surface area contributed by atoms with Crippen molar-refractivity contribution >= 4 is 11.6 Å². The molecule has 41 heavy (non-hydrogen) atoms. The molecule has 220 valence electrons. The maximum Gasteiger partial charge on any atom is 0.226 e. The van der Waals surface area contributed by atoms with Crippen LogP contribution in [-0.2, 0) is 21.4 Å². The van der Waals surface area contributed by atoms with Crippen LogP contribution in [0.2, 0.25) is 0 Å². The van der Waals surface area contributed by atoms with Gasteiger partial charge in [-0.15, -0.1) is 0 Å². The highest BCUT2D eigenvalue weighted by atomic mass is 16.5. The van der Waals surface area contributed by atoms with E-state index in [0.717, 1.165) is 69.2 Å². The molecule has 5 aliphatic carbocycles. The summed E-state index contributed by atoms with van der Waals surface area (Å²) < 4.78 is 5.75. The van der Waals surface area contributed by atoms with Crippen molar-refractivity contribution in [2.45, 2.75) is 119 Å². The molecule has 0 unspecified atom stereocenters. The molecule has 0 N–H and O–H groups in total. The zero-order valence-corrected chi connectivity index (χ0v) is 26.3. The number of aryl methyl sites for hydroxylation is 1. The smallest absolute Gasteiger partial charge is 0.226 e. The summed E-state index contributed by atoms with van der Waals surface area (Å²) in [7, 11) is 0. The predicted octanol–water partition coefficient (Wildman–Crippen LogP) is 7.49. The van der Waals surface area contributed by atoms with Crippen molar-refractivity contribution in [1.82, 2.24) is 10.1 Å². The van der Waals surface area contributed by atoms with Crippen LogP contribution in [0, 0.1) is 56.2 Å². The fraction of sp³-hybridized carbons (Fsp3) is 0.743. The first-order valence-corrected chi connectivity index (χ1v) is 15.9. The largest absolute Gasteiger partial charge is 0.339 e. The number of carbonyl (C=O) groups is 2. The normalized spacial score (nSPS) is 42.6. The summed E-state index contributed by atoms with van der Waals surface area (Å²) in [6.07, 6.45) is 12.4. The zero-order valence-electron chi connectivity index (χ0n) is 26.3. The molecule has 5 aliphatic rings. The molecule has 6 heteroatoms. The van der Waals surface area contributed by atoms with Gasteiger partial charge >= 0.3 is 0 Å². The fourth-order valence-electron chi connectivity index (χ4n) is 10.8. The van der Waals surface area contributed by atoms with Crippen molar-refractivity contribution in [2.24, 2.45) is 44.8 Å². The van der Waals surface area contributed by atoms with E-state index in [1.165, 1.54) is 0 Å². The molecular formula is C35H47N3O3. The Balaban J connectivity index is 1.51. The number of aromatic nitrogens is 2. The number of carbonyl (C=O) groups excluding carboxylic acids is 2. The molecule has 0 bridgehead atoms. The van der Waals surface area contributed by atoms with Crippen molar-refractivity contribution in [3.05, 3.63) is 35.0 Å². The second kappa shape index (κ2) is 8.74. The lowest BCUT2D eigenvalue weighted by atomic mass is 9.34. The van der Waals surface area contributed by atoms with Crippen LogP contribution >= 0.6 is 0 Å². The van der Waals surface area contributed by atoms with Gasteiger partial charge in [0, 0.05) is 28.6 Å². The molecular weight excluding hydrogens is 510 g/mol. The number of Topliss-reactive ketones (excluding diaryl/α,β-unsaturated/α-hetero) is 1. The van der Waals surface area contributed by atoms with Crippen molar-refractivity contribution in [3.8, 4) is 6.07 Å². The first kappa shape index (κ1) is 28.6. The van der Waals surface area contributed by atoms with Gasteiger partial charge in [-0.05, 0) is 85.5 Å². The number of ketones is 2. The van der Waals surface area contributed by atoms with E-state index in [9.17, 15) is 14.9 Å². The Morgan fingerprint density at radius 3 is 2.41 bits per heavy atom. The Labute approximate surface area is 245 Å². The third kappa shape index (κ3) is 3.59. The second-order valence-corrected chi connectivity index (χ2v) is 16.2. The molecule has 0 aromatic carbocycles. The molecule has 0 aliphatic heterocycles. The Morgan fingerprint density at radius 1 is 1.02 bits per heavy atom. The van der Waals surface area contributed by atoms with E-state index in [0.29, 0.717) is 5.89 Å². The van der Waals surface area contributed by atoms with Gasteiger partial charge in [-0.2, -0.15) is 10.2 Å². The Hall–Kier alpha value is -2.55. The van der Waals surface area contributed by atoms with Crippen molar-refractivity contribution < 1.29 is 14.1 Å². The lowest BCUT2D eigenvalue weighted by Crippen LogP contribution is -2.65. The van der Waals surface area contributed by atoms with Crippen molar-refractivity contribution in [1.29, 1.82) is 5.26 Å². The average Bonchev–Trinajstić information content (AvgIpc) is 3.37. The topological polar surface area (TPSA) is 96.8 Å². The Morgan fingerprint density at radius 2 is 1.73 bits per heavy atom. The molecule has 0 amide bonds. The number of fused-ring (bicyclic) bond motifs is 7. The summed E-state index contributed by atoms with van der Waals surface area (Å²) in [4.78, 5) is 32.9. The van der Waals surface area contributed by atoms with Crippen LogP contribution in [-0.4, -0.2) is 21.7 Å². The van der Waals surface area contributed by atoms with Crippen LogP contribution in [0.3, 0.4) is 0 Å². The van der Waals surface area contributed by atoms with Crippen LogP contribution in [0.5, 0.6) is 0 Å². The van der Waals surface area contributed by atoms with Crippen LogP contribution in [0.15, 0.2) is 27.8 Å². The average molecular weight is 558 g/mol. The first-order chi connectivity index (χ1) is 19.1. The van der Waals surface area contributed by atoms with Gasteiger partial charge in [0.1, 0.15) is 6.07 Å². The molecule has 3 saturated carbocycles. The molecule has 0 radical (unpaired) electrons. The van der Waals surface area contributed by atoms with Gasteiger partial charge in [-0.25, -0.2) is 0 Å². The van der Waals surface area contributed by atoms with Gasteiger partial charge in [0.25, 0.3) is 0 Å². The maximum absolute atomic E-state index is 14.7. The standard InChI is InChI=1S/C35H47N3O3/c1-9-10-26-37-29(38-41-26)35-15-13-30(2,3)19-22(35)27-23(39)17-25-32(6)18-21(20-36)28(40)31(4,5)24(32)11-12-33(25,7)34(27,8)14-16-35/h17-18,22,24,27H,9-16,19H2,1-8H3/t22-,24-,27-,32-,33+,34+,35-/m0/s1. The van der Waals surface area contributed by atoms with Crippen LogP contribution in [0.1, 0.15) is 118 Å². The second-order valence-electron chi connectivity index (χ2n) is 16.2. The molecule has 0 saturated heterocycles. The van der Waals surface area contributed by atoms with E-state index in [1.807, 2.05) is 26.0 Å². The summed E-state index contributed by atoms with van der Waals surface area (Å²) in [5.74, 6) is 1.74. The SMILES string of the molecule is CCCc1nc([C@]23CCC(C)(C)C[C@H]2[C@H]2C(=O)C=C4[C@@]5(C)C=C(C#N)C(=O)C(C)(C)[C@@H]5CC[C@@]4(C)[C@]2(C)CC3)no1. The molecule has 1 aromatic rings. The molecule has 6 rings (SSSR count). The minimum atomic E-state index is -0.651. The molecule has 6 nitrogen and oxygen atoms in total. The highest BCUT2D eigenvalue weighted by Gasteiger charge is 2.70. The van der Waals surface area contributed by atoms with E-state index in [2.05, 4.69) is 52.8 Å². The van der Waals surface area contributed by atoms with Crippen LogP contribution < -0.4 is 0 Å². The van der Waals surface area contributed by atoms with Gasteiger partial charge in [-0.1, -0.05) is 72.2 Å². The molecule has 1 aromatic heterocycles. The highest BCUT2D eigenvalue weighted by Crippen LogP contribution is 2.74. The van der Waals surface area contributed by atoms with Gasteiger partial charge in [-0.3, -0.25) is 9.59 Å². The minimum Gasteiger partial charge on any atom is -0.339 e. The third-order valence-corrected chi connectivity index (χ3v) is 13.2. The molecule has 3 fully saturated rings. The molecule has 1 heterocycles. The van der Waals surface area contributed by atoms with Crippen molar-refractivity contribution in [3.63, 3.8) is 0 Å². The van der Waals surface area contributed by atoms with Crippen molar-refractivity contribution in [2.75, 3.05) is 0 Å². The number of rotatable bonds is 3. The van der Waals surface area contributed by atoms with Crippen LogP contribution in [0.25, 0.3) is 0 Å². The highest BCUT2D eigenvalue weighted by molar-refractivity contribution is 6.04. The van der Waals surface area contributed by atoms with Gasteiger partial charge in [0.05, 0.1) is 5.57 Å². The third-order valence-electron chi connectivity index (χ3n) is 13.2. The number of nitriles is 1. The zero-order chi connectivity index (χ0) is 29.8. The Bertz CT molecular complexity index is 1420. The fourth-order valence-corrected chi connectivity index (χ4v) is 10.8. The van der Waals surface area contributed by atoms with E-state index >= 15 is 0 Å². The lowest BCUT2D eigenvalue weighted by Gasteiger charge is -2.69. The number of allylic oxidation sites excluding steroid dienone is 4. The van der Waals surface area contributed by atoms with Gasteiger partial charge in [0.15, 0.2) is 17.4 Å². The van der Waals surface area contributed by atoms with E-state index < -0.39 is 10.8 Å². The number of hydrogen-bond donors (Lipinski definition) is 0.